The van der Waals surface area contributed by atoms with Gasteiger partial charge < -0.3 is 20.7 Å². The van der Waals surface area contributed by atoms with Crippen LogP contribution in [-0.4, -0.2) is 48.3 Å². The van der Waals surface area contributed by atoms with Gasteiger partial charge in [0.1, 0.15) is 0 Å². The molecule has 13 heavy (non-hydrogen) atoms. The van der Waals surface area contributed by atoms with Crippen LogP contribution in [0, 0.1) is 0 Å². The van der Waals surface area contributed by atoms with Gasteiger partial charge in [-0.05, 0) is 13.6 Å². The van der Waals surface area contributed by atoms with Crippen molar-refractivity contribution in [1.29, 1.82) is 0 Å². The monoisotopic (exact) mass is 188 g/mol. The van der Waals surface area contributed by atoms with Crippen LogP contribution in [0.5, 0.6) is 0 Å². The minimum atomic E-state index is -0.155. The van der Waals surface area contributed by atoms with Crippen LogP contribution in [0.1, 0.15) is 6.92 Å². The normalized spacial score (nSPS) is 12.2. The van der Waals surface area contributed by atoms with E-state index in [0.29, 0.717) is 12.2 Å². The summed E-state index contributed by atoms with van der Waals surface area (Å²) in [5.74, 6) is 5.59. The maximum atomic E-state index is 8.62. The van der Waals surface area contributed by atoms with Gasteiger partial charge in [-0.2, -0.15) is 0 Å². The van der Waals surface area contributed by atoms with Crippen LogP contribution in [0.3, 0.4) is 0 Å². The Morgan fingerprint density at radius 2 is 2.08 bits per heavy atom. The van der Waals surface area contributed by atoms with Gasteiger partial charge in [-0.3, -0.25) is 0 Å². The number of rotatable bonds is 6. The summed E-state index contributed by atoms with van der Waals surface area (Å²) in [4.78, 5) is 2.14. The van der Waals surface area contributed by atoms with Crippen molar-refractivity contribution in [2.75, 3.05) is 33.3 Å². The van der Waals surface area contributed by atoms with E-state index in [1.165, 1.54) is 5.01 Å². The van der Waals surface area contributed by atoms with E-state index in [1.807, 2.05) is 7.05 Å². The number of hydrogen-bond donors (Lipinski definition) is 3. The van der Waals surface area contributed by atoms with Crippen molar-refractivity contribution < 1.29 is 5.11 Å². The van der Waals surface area contributed by atoms with Gasteiger partial charge in [-0.1, -0.05) is 6.92 Å². The van der Waals surface area contributed by atoms with E-state index >= 15 is 0 Å². The van der Waals surface area contributed by atoms with E-state index in [0.717, 1.165) is 13.1 Å². The second kappa shape index (κ2) is 6.71. The summed E-state index contributed by atoms with van der Waals surface area (Å²) in [6.07, 6.45) is 1.55. The van der Waals surface area contributed by atoms with Gasteiger partial charge in [0.15, 0.2) is 0 Å². The molecule has 78 valence electrons. The van der Waals surface area contributed by atoms with Crippen molar-refractivity contribution in [2.24, 2.45) is 11.6 Å². The highest BCUT2D eigenvalue weighted by molar-refractivity contribution is 4.94. The molecule has 0 rings (SSSR count). The first-order valence-corrected chi connectivity index (χ1v) is 4.37. The summed E-state index contributed by atoms with van der Waals surface area (Å²) in [5, 5.41) is 10.1. The maximum absolute atomic E-state index is 8.62. The van der Waals surface area contributed by atoms with Crippen molar-refractivity contribution in [3.05, 3.63) is 11.9 Å². The fraction of sp³-hybridized carbons (Fsp3) is 0.750. The second-order valence-corrected chi connectivity index (χ2v) is 3.00. The molecule has 0 aliphatic heterocycles. The molecule has 0 bridgehead atoms. The molecule has 0 aromatic carbocycles. The molecule has 0 aliphatic carbocycles. The minimum Gasteiger partial charge on any atom is -0.399 e. The summed E-state index contributed by atoms with van der Waals surface area (Å²) in [7, 11) is 2.02. The Balaban J connectivity index is 3.68. The quantitative estimate of drug-likeness (QED) is 0.364. The Hall–Kier alpha value is -0.780. The van der Waals surface area contributed by atoms with Crippen molar-refractivity contribution in [3.8, 4) is 0 Å². The average molecular weight is 188 g/mol. The van der Waals surface area contributed by atoms with Crippen LogP contribution in [0.15, 0.2) is 11.9 Å². The van der Waals surface area contributed by atoms with E-state index in [-0.39, 0.29) is 6.61 Å². The van der Waals surface area contributed by atoms with Crippen molar-refractivity contribution in [1.82, 2.24) is 9.91 Å². The van der Waals surface area contributed by atoms with Gasteiger partial charge in [0, 0.05) is 19.3 Å². The molecule has 5 heteroatoms. The third-order valence-electron chi connectivity index (χ3n) is 1.79. The lowest BCUT2D eigenvalue weighted by atomic mass is 10.5. The number of nitrogens with two attached hydrogens (primary N) is 2. The smallest absolute Gasteiger partial charge is 0.0840 e. The largest absolute Gasteiger partial charge is 0.399 e. The Kier molecular flexibility index (Phi) is 6.30. The van der Waals surface area contributed by atoms with Gasteiger partial charge >= 0.3 is 0 Å². The van der Waals surface area contributed by atoms with Crippen LogP contribution in [0.4, 0.5) is 0 Å². The lowest BCUT2D eigenvalue weighted by Gasteiger charge is -2.19. The molecule has 0 fully saturated rings. The molecular formula is C8H20N4O. The molecular weight excluding hydrogens is 168 g/mol. The third-order valence-corrected chi connectivity index (χ3v) is 1.79. The summed E-state index contributed by atoms with van der Waals surface area (Å²) in [6.45, 7) is 4.50. The predicted octanol–water partition coefficient (Wildman–Crippen LogP) is -1.09. The van der Waals surface area contributed by atoms with Crippen LogP contribution in [0.2, 0.25) is 0 Å². The second-order valence-electron chi connectivity index (χ2n) is 3.00. The van der Waals surface area contributed by atoms with Gasteiger partial charge in [-0.25, -0.2) is 5.84 Å². The zero-order chi connectivity index (χ0) is 10.3. The van der Waals surface area contributed by atoms with Gasteiger partial charge in [-0.15, -0.1) is 0 Å². The van der Waals surface area contributed by atoms with Crippen LogP contribution >= 0.6 is 0 Å². The Labute approximate surface area is 79.6 Å². The summed E-state index contributed by atoms with van der Waals surface area (Å²) in [6, 6.07) is 0. The molecule has 0 aromatic rings. The molecule has 5 nitrogen and oxygen atoms in total. The molecule has 5 N–H and O–H groups in total. The van der Waals surface area contributed by atoms with Gasteiger partial charge in [0.2, 0.25) is 0 Å². The molecule has 0 heterocycles. The molecule has 0 atom stereocenters. The predicted molar refractivity (Wildman–Crippen MR) is 53.4 cm³/mol. The molecule has 0 saturated carbocycles. The van der Waals surface area contributed by atoms with Crippen molar-refractivity contribution in [3.63, 3.8) is 0 Å². The molecule has 0 aromatic heterocycles. The Bertz CT molecular complexity index is 160. The fourth-order valence-electron chi connectivity index (χ4n) is 0.763. The molecule has 0 aliphatic rings. The standard InChI is InChI=1S/C8H20N4O/c1-3-11(2)4-5-12(10)6-8(9)7-13/h6,13H,3-5,7,9-10H2,1-2H3/b8-6-. The molecule has 0 radical (unpaired) electrons. The first-order valence-electron chi connectivity index (χ1n) is 4.37. The van der Waals surface area contributed by atoms with E-state index in [9.17, 15) is 0 Å². The van der Waals surface area contributed by atoms with E-state index in [2.05, 4.69) is 11.8 Å². The molecule has 0 unspecified atom stereocenters. The van der Waals surface area contributed by atoms with Gasteiger partial charge in [0.05, 0.1) is 12.3 Å². The Morgan fingerprint density at radius 1 is 1.46 bits per heavy atom. The van der Waals surface area contributed by atoms with Crippen molar-refractivity contribution in [2.45, 2.75) is 6.92 Å². The van der Waals surface area contributed by atoms with Crippen LogP contribution in [0.25, 0.3) is 0 Å². The molecule has 0 amide bonds. The number of hydrogen-bond acceptors (Lipinski definition) is 5. The maximum Gasteiger partial charge on any atom is 0.0840 e. The SMILES string of the molecule is CCN(C)CCN(N)/C=C(\N)CO. The number of hydrazine groups is 1. The minimum absolute atomic E-state index is 0.155. The summed E-state index contributed by atoms with van der Waals surface area (Å²) in [5.41, 5.74) is 5.77. The van der Waals surface area contributed by atoms with Crippen LogP contribution in [-0.2, 0) is 0 Å². The zero-order valence-electron chi connectivity index (χ0n) is 8.40. The number of nitrogens with zero attached hydrogens (tertiary/aromatic N) is 2. The lowest BCUT2D eigenvalue weighted by Crippen LogP contribution is -2.35. The summed E-state index contributed by atoms with van der Waals surface area (Å²) < 4.78 is 0. The lowest BCUT2D eigenvalue weighted by molar-refractivity contribution is 0.280. The van der Waals surface area contributed by atoms with Crippen LogP contribution < -0.4 is 11.6 Å². The number of aliphatic hydroxyl groups excluding tert-OH is 1. The summed E-state index contributed by atoms with van der Waals surface area (Å²) >= 11 is 0. The number of likely N-dealkylation sites (N-methyl/N-ethyl adjacent to an activating group) is 1. The van der Waals surface area contributed by atoms with Gasteiger partial charge in [0.25, 0.3) is 0 Å². The Morgan fingerprint density at radius 3 is 2.54 bits per heavy atom. The highest BCUT2D eigenvalue weighted by Gasteiger charge is 1.97. The zero-order valence-corrected chi connectivity index (χ0v) is 8.40. The fourth-order valence-corrected chi connectivity index (χ4v) is 0.763. The van der Waals surface area contributed by atoms with E-state index in [1.54, 1.807) is 6.20 Å². The topological polar surface area (TPSA) is 78.8 Å². The number of aliphatic hydroxyl groups is 1. The van der Waals surface area contributed by atoms with E-state index < -0.39 is 0 Å². The van der Waals surface area contributed by atoms with Crippen molar-refractivity contribution >= 4 is 0 Å². The first kappa shape index (κ1) is 12.2. The average Bonchev–Trinajstić information content (AvgIpc) is 2.13. The first-order chi connectivity index (χ1) is 6.10. The highest BCUT2D eigenvalue weighted by atomic mass is 16.3. The molecule has 0 saturated heterocycles. The van der Waals surface area contributed by atoms with E-state index in [4.69, 9.17) is 16.7 Å². The third kappa shape index (κ3) is 6.39. The molecule has 0 spiro atoms. The highest BCUT2D eigenvalue weighted by Crippen LogP contribution is 1.87.